The molecule has 0 spiro atoms. The summed E-state index contributed by atoms with van der Waals surface area (Å²) < 4.78 is 27.9. The second kappa shape index (κ2) is 5.41. The lowest BCUT2D eigenvalue weighted by atomic mass is 10.3. The van der Waals surface area contributed by atoms with E-state index >= 15 is 0 Å². The van der Waals surface area contributed by atoms with Gasteiger partial charge in [-0.2, -0.15) is 0 Å². The van der Waals surface area contributed by atoms with Gasteiger partial charge in [-0.25, -0.2) is 8.42 Å². The molecule has 2 aromatic rings. The molecule has 0 aliphatic carbocycles. The number of halogens is 1. The third kappa shape index (κ3) is 3.10. The van der Waals surface area contributed by atoms with Gasteiger partial charge in [0.1, 0.15) is 4.90 Å². The standard InChI is InChI=1S/C13H14BrN3O2S/c1-8-3-6-12(9(2)16-8)17-20(18,19)13-7-10(14)4-5-11(13)15/h3-7,17H,15H2,1-2H3. The molecule has 0 unspecified atom stereocenters. The number of sulfonamides is 1. The van der Waals surface area contributed by atoms with Crippen molar-refractivity contribution in [3.05, 3.63) is 46.2 Å². The summed E-state index contributed by atoms with van der Waals surface area (Å²) in [6.45, 7) is 3.59. The van der Waals surface area contributed by atoms with Crippen LogP contribution in [0.2, 0.25) is 0 Å². The van der Waals surface area contributed by atoms with Crippen LogP contribution in [0.25, 0.3) is 0 Å². The van der Waals surface area contributed by atoms with Crippen LogP contribution in [0.4, 0.5) is 11.4 Å². The Morgan fingerprint density at radius 2 is 1.90 bits per heavy atom. The largest absolute Gasteiger partial charge is 0.398 e. The lowest BCUT2D eigenvalue weighted by Crippen LogP contribution is -2.16. The number of nitrogens with zero attached hydrogens (tertiary/aromatic N) is 1. The first-order valence-corrected chi connectivity index (χ1v) is 8.09. The number of nitrogens with one attached hydrogen (secondary N) is 1. The van der Waals surface area contributed by atoms with Crippen molar-refractivity contribution in [2.24, 2.45) is 0 Å². The number of anilines is 2. The van der Waals surface area contributed by atoms with E-state index in [4.69, 9.17) is 5.73 Å². The molecule has 106 valence electrons. The van der Waals surface area contributed by atoms with Crippen LogP contribution in [-0.2, 0) is 10.0 Å². The molecule has 0 atom stereocenters. The molecule has 0 fully saturated rings. The minimum atomic E-state index is -3.75. The zero-order valence-corrected chi connectivity index (χ0v) is 13.4. The van der Waals surface area contributed by atoms with E-state index in [2.05, 4.69) is 25.6 Å². The third-order valence-corrected chi connectivity index (χ3v) is 4.65. The van der Waals surface area contributed by atoms with Crippen molar-refractivity contribution in [2.45, 2.75) is 18.7 Å². The summed E-state index contributed by atoms with van der Waals surface area (Å²) in [6, 6.07) is 8.12. The number of aromatic nitrogens is 1. The van der Waals surface area contributed by atoms with Crippen molar-refractivity contribution in [2.75, 3.05) is 10.5 Å². The van der Waals surface area contributed by atoms with Crippen LogP contribution >= 0.6 is 15.9 Å². The molecule has 0 amide bonds. The van der Waals surface area contributed by atoms with Crippen LogP contribution in [0.3, 0.4) is 0 Å². The summed E-state index contributed by atoms with van der Waals surface area (Å²) in [5, 5.41) is 0. The Morgan fingerprint density at radius 1 is 1.20 bits per heavy atom. The van der Waals surface area contributed by atoms with Crippen molar-refractivity contribution < 1.29 is 8.42 Å². The van der Waals surface area contributed by atoms with Gasteiger partial charge in [0.2, 0.25) is 0 Å². The molecule has 1 heterocycles. The van der Waals surface area contributed by atoms with Gasteiger partial charge in [0.25, 0.3) is 10.0 Å². The number of hydrogen-bond donors (Lipinski definition) is 2. The van der Waals surface area contributed by atoms with Gasteiger partial charge in [0.05, 0.1) is 17.1 Å². The second-order valence-electron chi connectivity index (χ2n) is 4.37. The Hall–Kier alpha value is -1.60. The van der Waals surface area contributed by atoms with Crippen molar-refractivity contribution in [3.8, 4) is 0 Å². The molecule has 1 aromatic carbocycles. The van der Waals surface area contributed by atoms with Crippen LogP contribution in [-0.4, -0.2) is 13.4 Å². The van der Waals surface area contributed by atoms with Gasteiger partial charge in [-0.15, -0.1) is 0 Å². The Labute approximate surface area is 126 Å². The Bertz CT molecular complexity index is 760. The molecule has 7 heteroatoms. The van der Waals surface area contributed by atoms with Crippen molar-refractivity contribution in [1.82, 2.24) is 4.98 Å². The predicted octanol–water partition coefficient (Wildman–Crippen LogP) is 2.84. The number of nitrogen functional groups attached to an aromatic ring is 1. The van der Waals surface area contributed by atoms with Gasteiger partial charge in [0.15, 0.2) is 0 Å². The topological polar surface area (TPSA) is 85.1 Å². The molecule has 20 heavy (non-hydrogen) atoms. The molecular weight excluding hydrogens is 342 g/mol. The summed E-state index contributed by atoms with van der Waals surface area (Å²) in [5.74, 6) is 0. The quantitative estimate of drug-likeness (QED) is 0.829. The number of aryl methyl sites for hydroxylation is 2. The number of benzene rings is 1. The molecule has 3 N–H and O–H groups in total. The highest BCUT2D eigenvalue weighted by atomic mass is 79.9. The number of rotatable bonds is 3. The first kappa shape index (κ1) is 14.8. The molecule has 5 nitrogen and oxygen atoms in total. The number of nitrogens with two attached hydrogens (primary N) is 1. The van der Waals surface area contributed by atoms with E-state index in [9.17, 15) is 8.42 Å². The smallest absolute Gasteiger partial charge is 0.264 e. The Morgan fingerprint density at radius 3 is 2.55 bits per heavy atom. The van der Waals surface area contributed by atoms with Gasteiger partial charge < -0.3 is 5.73 Å². The number of hydrogen-bond acceptors (Lipinski definition) is 4. The maximum absolute atomic E-state index is 12.4. The van der Waals surface area contributed by atoms with E-state index in [0.29, 0.717) is 15.9 Å². The molecular formula is C13H14BrN3O2S. The van der Waals surface area contributed by atoms with Crippen LogP contribution in [0.1, 0.15) is 11.4 Å². The highest BCUT2D eigenvalue weighted by Crippen LogP contribution is 2.25. The van der Waals surface area contributed by atoms with E-state index in [0.717, 1.165) is 5.69 Å². The average Bonchev–Trinajstić information content (AvgIpc) is 2.35. The first-order chi connectivity index (χ1) is 9.29. The molecule has 0 aliphatic rings. The lowest BCUT2D eigenvalue weighted by Gasteiger charge is -2.12. The maximum atomic E-state index is 12.4. The van der Waals surface area contributed by atoms with Crippen molar-refractivity contribution >= 4 is 37.3 Å². The highest BCUT2D eigenvalue weighted by molar-refractivity contribution is 9.10. The van der Waals surface area contributed by atoms with E-state index in [-0.39, 0.29) is 10.6 Å². The monoisotopic (exact) mass is 355 g/mol. The Kier molecular flexibility index (Phi) is 4.01. The number of pyridine rings is 1. The summed E-state index contributed by atoms with van der Waals surface area (Å²) in [6.07, 6.45) is 0. The fourth-order valence-corrected chi connectivity index (χ4v) is 3.52. The molecule has 0 saturated heterocycles. The normalized spacial score (nSPS) is 11.3. The van der Waals surface area contributed by atoms with Crippen LogP contribution < -0.4 is 10.5 Å². The van der Waals surface area contributed by atoms with Gasteiger partial charge in [-0.1, -0.05) is 15.9 Å². The van der Waals surface area contributed by atoms with E-state index in [1.807, 2.05) is 6.92 Å². The zero-order valence-electron chi connectivity index (χ0n) is 11.0. The fourth-order valence-electron chi connectivity index (χ4n) is 1.74. The second-order valence-corrected chi connectivity index (χ2v) is 6.94. The SMILES string of the molecule is Cc1ccc(NS(=O)(=O)c2cc(Br)ccc2N)c(C)n1. The molecule has 0 radical (unpaired) electrons. The third-order valence-electron chi connectivity index (χ3n) is 2.73. The highest BCUT2D eigenvalue weighted by Gasteiger charge is 2.19. The summed E-state index contributed by atoms with van der Waals surface area (Å²) >= 11 is 3.24. The molecule has 2 rings (SSSR count). The summed E-state index contributed by atoms with van der Waals surface area (Å²) in [4.78, 5) is 4.26. The van der Waals surface area contributed by atoms with E-state index in [1.165, 1.54) is 6.07 Å². The van der Waals surface area contributed by atoms with Crippen LogP contribution in [0.5, 0.6) is 0 Å². The van der Waals surface area contributed by atoms with Gasteiger partial charge >= 0.3 is 0 Å². The summed E-state index contributed by atoms with van der Waals surface area (Å²) in [7, 11) is -3.75. The van der Waals surface area contributed by atoms with E-state index in [1.54, 1.807) is 31.2 Å². The predicted molar refractivity (Wildman–Crippen MR) is 83.1 cm³/mol. The minimum absolute atomic E-state index is 0.0341. The van der Waals surface area contributed by atoms with Gasteiger partial charge in [0, 0.05) is 10.2 Å². The van der Waals surface area contributed by atoms with Crippen LogP contribution in [0, 0.1) is 13.8 Å². The van der Waals surface area contributed by atoms with Gasteiger partial charge in [-0.3, -0.25) is 9.71 Å². The fraction of sp³-hybridized carbons (Fsp3) is 0.154. The van der Waals surface area contributed by atoms with Gasteiger partial charge in [-0.05, 0) is 44.2 Å². The Balaban J connectivity index is 2.43. The molecule has 0 bridgehead atoms. The zero-order chi connectivity index (χ0) is 14.9. The maximum Gasteiger partial charge on any atom is 0.264 e. The molecule has 0 aliphatic heterocycles. The van der Waals surface area contributed by atoms with Crippen LogP contribution in [0.15, 0.2) is 39.7 Å². The average molecular weight is 356 g/mol. The van der Waals surface area contributed by atoms with E-state index < -0.39 is 10.0 Å². The molecule has 1 aromatic heterocycles. The first-order valence-electron chi connectivity index (χ1n) is 5.82. The lowest BCUT2D eigenvalue weighted by molar-refractivity contribution is 0.601. The summed E-state index contributed by atoms with van der Waals surface area (Å²) in [5.41, 5.74) is 7.81. The molecule has 0 saturated carbocycles. The van der Waals surface area contributed by atoms with Crippen molar-refractivity contribution in [1.29, 1.82) is 0 Å². The minimum Gasteiger partial charge on any atom is -0.398 e. The van der Waals surface area contributed by atoms with Crippen molar-refractivity contribution in [3.63, 3.8) is 0 Å².